The van der Waals surface area contributed by atoms with Crippen molar-refractivity contribution in [2.75, 3.05) is 26.2 Å². The van der Waals surface area contributed by atoms with Crippen molar-refractivity contribution in [2.24, 2.45) is 0 Å². The van der Waals surface area contributed by atoms with E-state index in [0.717, 1.165) is 25.9 Å². The summed E-state index contributed by atoms with van der Waals surface area (Å²) in [7, 11) is 0. The van der Waals surface area contributed by atoms with Crippen LogP contribution in [0.25, 0.3) is 0 Å². The van der Waals surface area contributed by atoms with Gasteiger partial charge < -0.3 is 14.7 Å². The van der Waals surface area contributed by atoms with Gasteiger partial charge in [-0.05, 0) is 50.2 Å². The highest BCUT2D eigenvalue weighted by Crippen LogP contribution is 2.23. The fraction of sp³-hybridized carbons (Fsp3) is 0.562. The van der Waals surface area contributed by atoms with Crippen molar-refractivity contribution in [2.45, 2.75) is 31.6 Å². The summed E-state index contributed by atoms with van der Waals surface area (Å²) in [6.45, 7) is -0.163. The molecule has 0 aliphatic carbocycles. The van der Waals surface area contributed by atoms with Gasteiger partial charge in [0.25, 0.3) is 5.91 Å². The SMILES string of the molecule is O=C(c1ccc(OC(F)F)cc1)N1CC(O)C(N2CCCC2)C1. The zero-order valence-corrected chi connectivity index (χ0v) is 12.7. The lowest BCUT2D eigenvalue weighted by atomic mass is 10.2. The molecule has 1 amide bonds. The summed E-state index contributed by atoms with van der Waals surface area (Å²) in [5.41, 5.74) is 0.404. The predicted molar refractivity (Wildman–Crippen MR) is 79.6 cm³/mol. The van der Waals surface area contributed by atoms with Crippen LogP contribution in [0.4, 0.5) is 8.78 Å². The minimum atomic E-state index is -2.88. The third-order valence-corrected chi connectivity index (χ3v) is 4.48. The second-order valence-electron chi connectivity index (χ2n) is 5.99. The number of ether oxygens (including phenoxy) is 1. The molecule has 1 aromatic carbocycles. The first-order chi connectivity index (χ1) is 11.0. The highest BCUT2D eigenvalue weighted by atomic mass is 19.3. The van der Waals surface area contributed by atoms with E-state index in [0.29, 0.717) is 18.7 Å². The Morgan fingerprint density at radius 1 is 1.17 bits per heavy atom. The standard InChI is InChI=1S/C16H20F2N2O3/c17-16(18)23-12-5-3-11(4-6-12)15(22)20-9-13(14(21)10-20)19-7-1-2-8-19/h3-6,13-14,16,21H,1-2,7-10H2. The van der Waals surface area contributed by atoms with E-state index in [1.807, 2.05) is 0 Å². The number of β-amino-alcohol motifs (C(OH)–C–C–N with tert-alkyl or cyclic N) is 1. The topological polar surface area (TPSA) is 53.0 Å². The molecule has 0 spiro atoms. The maximum atomic E-state index is 12.5. The van der Waals surface area contributed by atoms with E-state index in [9.17, 15) is 18.7 Å². The van der Waals surface area contributed by atoms with E-state index in [-0.39, 0.29) is 17.7 Å². The van der Waals surface area contributed by atoms with Crippen LogP contribution >= 0.6 is 0 Å². The number of nitrogens with zero attached hydrogens (tertiary/aromatic N) is 2. The zero-order valence-electron chi connectivity index (χ0n) is 12.7. The molecule has 5 nitrogen and oxygen atoms in total. The Morgan fingerprint density at radius 2 is 1.83 bits per heavy atom. The maximum absolute atomic E-state index is 12.5. The molecule has 2 atom stereocenters. The Hall–Kier alpha value is -1.73. The normalized spacial score (nSPS) is 25.3. The molecule has 7 heteroatoms. The molecule has 1 N–H and O–H groups in total. The van der Waals surface area contributed by atoms with Gasteiger partial charge in [-0.25, -0.2) is 0 Å². The zero-order chi connectivity index (χ0) is 16.4. The lowest BCUT2D eigenvalue weighted by Gasteiger charge is -2.25. The molecule has 3 rings (SSSR count). The Bertz CT molecular complexity index is 547. The molecule has 0 saturated carbocycles. The molecule has 0 aromatic heterocycles. The Kier molecular flexibility index (Phi) is 4.77. The second-order valence-corrected chi connectivity index (χ2v) is 5.99. The van der Waals surface area contributed by atoms with Gasteiger partial charge in [-0.1, -0.05) is 0 Å². The van der Waals surface area contributed by atoms with Gasteiger partial charge in [0.05, 0.1) is 12.1 Å². The van der Waals surface area contributed by atoms with Gasteiger partial charge in [0, 0.05) is 18.7 Å². The molecule has 2 saturated heterocycles. The van der Waals surface area contributed by atoms with Crippen molar-refractivity contribution in [1.29, 1.82) is 0 Å². The van der Waals surface area contributed by atoms with E-state index in [1.54, 1.807) is 4.90 Å². The number of amides is 1. The second kappa shape index (κ2) is 6.80. The Balaban J connectivity index is 1.64. The van der Waals surface area contributed by atoms with Crippen LogP contribution in [-0.2, 0) is 0 Å². The number of hydrogen-bond donors (Lipinski definition) is 1. The summed E-state index contributed by atoms with van der Waals surface area (Å²) in [5.74, 6) is -0.178. The Morgan fingerprint density at radius 3 is 2.43 bits per heavy atom. The summed E-state index contributed by atoms with van der Waals surface area (Å²) in [5, 5.41) is 10.2. The fourth-order valence-electron chi connectivity index (χ4n) is 3.33. The van der Waals surface area contributed by atoms with Gasteiger partial charge in [-0.15, -0.1) is 0 Å². The number of likely N-dealkylation sites (tertiary alicyclic amines) is 2. The van der Waals surface area contributed by atoms with Crippen molar-refractivity contribution < 1.29 is 23.4 Å². The predicted octanol–water partition coefficient (Wildman–Crippen LogP) is 1.57. The molecule has 1 aromatic rings. The minimum absolute atomic E-state index is 0.0112. The molecule has 2 aliphatic heterocycles. The van der Waals surface area contributed by atoms with E-state index >= 15 is 0 Å². The van der Waals surface area contributed by atoms with Gasteiger partial charge in [0.15, 0.2) is 0 Å². The number of halogens is 2. The lowest BCUT2D eigenvalue weighted by molar-refractivity contribution is -0.0498. The third-order valence-electron chi connectivity index (χ3n) is 4.48. The largest absolute Gasteiger partial charge is 0.435 e. The highest BCUT2D eigenvalue weighted by Gasteiger charge is 2.38. The molecule has 23 heavy (non-hydrogen) atoms. The smallest absolute Gasteiger partial charge is 0.387 e. The summed E-state index contributed by atoms with van der Waals surface area (Å²) < 4.78 is 28.5. The van der Waals surface area contributed by atoms with E-state index in [1.165, 1.54) is 24.3 Å². The highest BCUT2D eigenvalue weighted by molar-refractivity contribution is 5.94. The lowest BCUT2D eigenvalue weighted by Crippen LogP contribution is -2.41. The third kappa shape index (κ3) is 3.61. The van der Waals surface area contributed by atoms with Crippen LogP contribution in [0.1, 0.15) is 23.2 Å². The van der Waals surface area contributed by atoms with Gasteiger partial charge in [0.1, 0.15) is 5.75 Å². The molecule has 0 radical (unpaired) electrons. The molecule has 2 fully saturated rings. The number of aliphatic hydroxyl groups excluding tert-OH is 1. The molecule has 2 heterocycles. The number of aliphatic hydroxyl groups is 1. The van der Waals surface area contributed by atoms with Crippen LogP contribution in [0.15, 0.2) is 24.3 Å². The van der Waals surface area contributed by atoms with Gasteiger partial charge >= 0.3 is 6.61 Å². The average Bonchev–Trinajstić information content (AvgIpc) is 3.16. The molecule has 2 aliphatic rings. The first-order valence-corrected chi connectivity index (χ1v) is 7.81. The van der Waals surface area contributed by atoms with Gasteiger partial charge in [0.2, 0.25) is 0 Å². The van der Waals surface area contributed by atoms with Crippen molar-refractivity contribution in [3.63, 3.8) is 0 Å². The van der Waals surface area contributed by atoms with Gasteiger partial charge in [-0.3, -0.25) is 9.69 Å². The number of carbonyl (C=O) groups excluding carboxylic acids is 1. The van der Waals surface area contributed by atoms with Crippen LogP contribution in [0.2, 0.25) is 0 Å². The summed E-state index contributed by atoms with van der Waals surface area (Å²) in [6, 6.07) is 5.63. The summed E-state index contributed by atoms with van der Waals surface area (Å²) in [4.78, 5) is 16.3. The maximum Gasteiger partial charge on any atom is 0.387 e. The summed E-state index contributed by atoms with van der Waals surface area (Å²) in [6.07, 6.45) is 1.71. The van der Waals surface area contributed by atoms with Crippen molar-refractivity contribution in [3.8, 4) is 5.75 Å². The quantitative estimate of drug-likeness (QED) is 0.912. The molecule has 0 bridgehead atoms. The monoisotopic (exact) mass is 326 g/mol. The van der Waals surface area contributed by atoms with E-state index in [4.69, 9.17) is 0 Å². The average molecular weight is 326 g/mol. The number of benzene rings is 1. The van der Waals surface area contributed by atoms with Crippen LogP contribution in [-0.4, -0.2) is 65.7 Å². The molecular formula is C16H20F2N2O3. The van der Waals surface area contributed by atoms with Gasteiger partial charge in [-0.2, -0.15) is 8.78 Å². The molecule has 2 unspecified atom stereocenters. The first-order valence-electron chi connectivity index (χ1n) is 7.81. The van der Waals surface area contributed by atoms with Crippen LogP contribution in [0.3, 0.4) is 0 Å². The molecular weight excluding hydrogens is 306 g/mol. The minimum Gasteiger partial charge on any atom is -0.435 e. The molecule has 126 valence electrons. The van der Waals surface area contributed by atoms with Crippen molar-refractivity contribution >= 4 is 5.91 Å². The fourth-order valence-corrected chi connectivity index (χ4v) is 3.33. The first kappa shape index (κ1) is 16.1. The van der Waals surface area contributed by atoms with Crippen molar-refractivity contribution in [3.05, 3.63) is 29.8 Å². The summed E-state index contributed by atoms with van der Waals surface area (Å²) >= 11 is 0. The number of rotatable bonds is 4. The van der Waals surface area contributed by atoms with E-state index < -0.39 is 12.7 Å². The number of alkyl halides is 2. The van der Waals surface area contributed by atoms with Crippen LogP contribution in [0, 0.1) is 0 Å². The van der Waals surface area contributed by atoms with Crippen LogP contribution in [0.5, 0.6) is 5.75 Å². The number of carbonyl (C=O) groups is 1. The van der Waals surface area contributed by atoms with Crippen molar-refractivity contribution in [1.82, 2.24) is 9.80 Å². The van der Waals surface area contributed by atoms with Crippen LogP contribution < -0.4 is 4.74 Å². The van der Waals surface area contributed by atoms with E-state index in [2.05, 4.69) is 9.64 Å². The number of hydrogen-bond acceptors (Lipinski definition) is 4. The Labute approximate surface area is 133 Å².